The van der Waals surface area contributed by atoms with Gasteiger partial charge in [-0.05, 0) is 49.8 Å². The Morgan fingerprint density at radius 3 is 2.83 bits per heavy atom. The zero-order chi connectivity index (χ0) is 17.2. The molecule has 1 saturated heterocycles. The fourth-order valence-electron chi connectivity index (χ4n) is 2.92. The highest BCUT2D eigenvalue weighted by atomic mass is 32.2. The topological polar surface area (TPSA) is 75.7 Å². The Morgan fingerprint density at radius 2 is 2.12 bits per heavy atom. The molecule has 0 aromatic heterocycles. The van der Waals surface area contributed by atoms with Crippen LogP contribution in [0.1, 0.15) is 36.0 Å². The molecule has 2 fully saturated rings. The minimum Gasteiger partial charge on any atom is -0.380 e. The summed E-state index contributed by atoms with van der Waals surface area (Å²) in [6.07, 6.45) is 3.89. The third-order valence-corrected chi connectivity index (χ3v) is 6.52. The molecule has 0 radical (unpaired) electrons. The van der Waals surface area contributed by atoms with Gasteiger partial charge in [-0.15, -0.1) is 0 Å². The van der Waals surface area contributed by atoms with E-state index in [0.29, 0.717) is 31.1 Å². The lowest BCUT2D eigenvalue weighted by Crippen LogP contribution is -2.42. The number of ether oxygens (including phenoxy) is 1. The normalized spacial score (nSPS) is 22.3. The Bertz CT molecular complexity index is 700. The van der Waals surface area contributed by atoms with Gasteiger partial charge >= 0.3 is 0 Å². The molecule has 6 nitrogen and oxygen atoms in total. The van der Waals surface area contributed by atoms with E-state index < -0.39 is 10.0 Å². The van der Waals surface area contributed by atoms with Crippen molar-refractivity contribution in [3.05, 3.63) is 29.8 Å². The SMILES string of the molecule is CO[C@H]1CCCN(S(=O)(=O)c2cccc(C(=O)NCC3CC3)c2)C1. The van der Waals surface area contributed by atoms with Crippen molar-refractivity contribution in [2.75, 3.05) is 26.7 Å². The Labute approximate surface area is 143 Å². The van der Waals surface area contributed by atoms with Gasteiger partial charge in [0, 0.05) is 32.3 Å². The summed E-state index contributed by atoms with van der Waals surface area (Å²) in [5.74, 6) is 0.368. The second kappa shape index (κ2) is 7.21. The van der Waals surface area contributed by atoms with Gasteiger partial charge in [-0.3, -0.25) is 4.79 Å². The van der Waals surface area contributed by atoms with Crippen LogP contribution >= 0.6 is 0 Å². The summed E-state index contributed by atoms with van der Waals surface area (Å²) in [6.45, 7) is 1.51. The Balaban J connectivity index is 1.75. The first-order valence-electron chi connectivity index (χ1n) is 8.42. The second-order valence-corrected chi connectivity index (χ2v) is 8.48. The minimum atomic E-state index is -3.61. The molecule has 0 unspecified atom stereocenters. The predicted molar refractivity (Wildman–Crippen MR) is 90.3 cm³/mol. The van der Waals surface area contributed by atoms with Crippen molar-refractivity contribution in [1.29, 1.82) is 0 Å². The molecule has 1 amide bonds. The average Bonchev–Trinajstić information content (AvgIpc) is 3.44. The van der Waals surface area contributed by atoms with Crippen molar-refractivity contribution in [1.82, 2.24) is 9.62 Å². The maximum atomic E-state index is 12.8. The molecule has 24 heavy (non-hydrogen) atoms. The first-order valence-corrected chi connectivity index (χ1v) is 9.86. The number of carbonyl (C=O) groups excluding carboxylic acids is 1. The van der Waals surface area contributed by atoms with E-state index >= 15 is 0 Å². The number of amides is 1. The molecule has 132 valence electrons. The highest BCUT2D eigenvalue weighted by Gasteiger charge is 2.30. The number of hydrogen-bond acceptors (Lipinski definition) is 4. The van der Waals surface area contributed by atoms with Crippen LogP contribution in [0.2, 0.25) is 0 Å². The van der Waals surface area contributed by atoms with Gasteiger partial charge in [0.1, 0.15) is 0 Å². The van der Waals surface area contributed by atoms with Gasteiger partial charge in [-0.25, -0.2) is 8.42 Å². The number of methoxy groups -OCH3 is 1. The zero-order valence-electron chi connectivity index (χ0n) is 13.9. The van der Waals surface area contributed by atoms with Crippen LogP contribution in [0.25, 0.3) is 0 Å². The number of hydrogen-bond donors (Lipinski definition) is 1. The van der Waals surface area contributed by atoms with Crippen LogP contribution in [-0.4, -0.2) is 51.5 Å². The molecule has 1 aromatic rings. The lowest BCUT2D eigenvalue weighted by atomic mass is 10.1. The van der Waals surface area contributed by atoms with Crippen LogP contribution < -0.4 is 5.32 Å². The van der Waals surface area contributed by atoms with Crippen molar-refractivity contribution < 1.29 is 17.9 Å². The summed E-state index contributed by atoms with van der Waals surface area (Å²) in [4.78, 5) is 12.4. The smallest absolute Gasteiger partial charge is 0.251 e. The van der Waals surface area contributed by atoms with Crippen molar-refractivity contribution in [3.63, 3.8) is 0 Å². The molecule has 1 aliphatic carbocycles. The second-order valence-electron chi connectivity index (χ2n) is 6.54. The van der Waals surface area contributed by atoms with Crippen LogP contribution in [0.5, 0.6) is 0 Å². The van der Waals surface area contributed by atoms with Crippen molar-refractivity contribution in [3.8, 4) is 0 Å². The summed E-state index contributed by atoms with van der Waals surface area (Å²) < 4.78 is 32.4. The van der Waals surface area contributed by atoms with Crippen molar-refractivity contribution in [2.24, 2.45) is 5.92 Å². The molecule has 1 heterocycles. The van der Waals surface area contributed by atoms with E-state index in [9.17, 15) is 13.2 Å². The fraction of sp³-hybridized carbons (Fsp3) is 0.588. The van der Waals surface area contributed by atoms with Gasteiger partial charge in [0.15, 0.2) is 0 Å². The summed E-state index contributed by atoms with van der Waals surface area (Å²) in [6, 6.07) is 6.28. The van der Waals surface area contributed by atoms with Crippen molar-refractivity contribution >= 4 is 15.9 Å². The number of sulfonamides is 1. The van der Waals surface area contributed by atoms with Gasteiger partial charge < -0.3 is 10.1 Å². The molecular weight excluding hydrogens is 328 g/mol. The van der Waals surface area contributed by atoms with E-state index in [1.165, 1.54) is 10.4 Å². The lowest BCUT2D eigenvalue weighted by Gasteiger charge is -2.31. The minimum absolute atomic E-state index is 0.0708. The molecule has 2 aliphatic rings. The van der Waals surface area contributed by atoms with Gasteiger partial charge in [0.2, 0.25) is 10.0 Å². The van der Waals surface area contributed by atoms with E-state index in [1.807, 2.05) is 0 Å². The summed E-state index contributed by atoms with van der Waals surface area (Å²) in [5, 5.41) is 2.87. The molecule has 7 heteroatoms. The Morgan fingerprint density at radius 1 is 1.33 bits per heavy atom. The van der Waals surface area contributed by atoms with Crippen LogP contribution in [-0.2, 0) is 14.8 Å². The number of carbonyl (C=O) groups is 1. The van der Waals surface area contributed by atoms with E-state index in [-0.39, 0.29) is 16.9 Å². The first kappa shape index (κ1) is 17.4. The van der Waals surface area contributed by atoms with Crippen LogP contribution in [0.4, 0.5) is 0 Å². The summed E-state index contributed by atoms with van der Waals surface area (Å²) >= 11 is 0. The third-order valence-electron chi connectivity index (χ3n) is 4.66. The van der Waals surface area contributed by atoms with Crippen LogP contribution in [0.3, 0.4) is 0 Å². The molecule has 1 N–H and O–H groups in total. The van der Waals surface area contributed by atoms with E-state index in [4.69, 9.17) is 4.74 Å². The van der Waals surface area contributed by atoms with E-state index in [2.05, 4.69) is 5.32 Å². The number of nitrogens with one attached hydrogen (secondary N) is 1. The van der Waals surface area contributed by atoms with Gasteiger partial charge in [-0.2, -0.15) is 4.31 Å². The fourth-order valence-corrected chi connectivity index (χ4v) is 4.48. The van der Waals surface area contributed by atoms with Gasteiger partial charge in [-0.1, -0.05) is 6.07 Å². The quantitative estimate of drug-likeness (QED) is 0.844. The molecule has 3 rings (SSSR count). The average molecular weight is 352 g/mol. The number of rotatable bonds is 6. The number of nitrogens with zero attached hydrogens (tertiary/aromatic N) is 1. The molecule has 1 saturated carbocycles. The van der Waals surface area contributed by atoms with Crippen molar-refractivity contribution in [2.45, 2.75) is 36.7 Å². The standard InChI is InChI=1S/C17H24N2O4S/c1-23-15-5-3-9-19(12-15)24(21,22)16-6-2-4-14(10-16)17(20)18-11-13-7-8-13/h2,4,6,10,13,15H,3,5,7-9,11-12H2,1H3,(H,18,20)/t15-/m0/s1. The Kier molecular flexibility index (Phi) is 5.22. The number of piperidine rings is 1. The molecule has 1 aliphatic heterocycles. The maximum Gasteiger partial charge on any atom is 0.251 e. The molecule has 1 aromatic carbocycles. The largest absolute Gasteiger partial charge is 0.380 e. The summed E-state index contributed by atoms with van der Waals surface area (Å²) in [5.41, 5.74) is 0.386. The maximum absolute atomic E-state index is 12.8. The van der Waals surface area contributed by atoms with Crippen LogP contribution in [0, 0.1) is 5.92 Å². The zero-order valence-corrected chi connectivity index (χ0v) is 14.7. The van der Waals surface area contributed by atoms with Gasteiger partial charge in [0.05, 0.1) is 11.0 Å². The third kappa shape index (κ3) is 3.96. The van der Waals surface area contributed by atoms with E-state index in [0.717, 1.165) is 25.7 Å². The molecule has 1 atom stereocenters. The lowest BCUT2D eigenvalue weighted by molar-refractivity contribution is 0.0572. The van der Waals surface area contributed by atoms with Gasteiger partial charge in [0.25, 0.3) is 5.91 Å². The Hall–Kier alpha value is -1.44. The van der Waals surface area contributed by atoms with Crippen LogP contribution in [0.15, 0.2) is 29.2 Å². The summed E-state index contributed by atoms with van der Waals surface area (Å²) in [7, 11) is -2.00. The number of benzene rings is 1. The highest BCUT2D eigenvalue weighted by Crippen LogP contribution is 2.27. The predicted octanol–water partition coefficient (Wildman–Crippen LogP) is 1.63. The molecule has 0 bridgehead atoms. The molecule has 0 spiro atoms. The molecular formula is C17H24N2O4S. The van der Waals surface area contributed by atoms with E-state index in [1.54, 1.807) is 25.3 Å². The monoisotopic (exact) mass is 352 g/mol. The first-order chi connectivity index (χ1) is 11.5. The highest BCUT2D eigenvalue weighted by molar-refractivity contribution is 7.89.